The van der Waals surface area contributed by atoms with E-state index in [0.29, 0.717) is 11.1 Å². The lowest BCUT2D eigenvalue weighted by atomic mass is 9.78. The molecule has 2 N–H and O–H groups in total. The first-order chi connectivity index (χ1) is 17.0. The van der Waals surface area contributed by atoms with Gasteiger partial charge in [0.2, 0.25) is 0 Å². The van der Waals surface area contributed by atoms with Crippen LogP contribution in [0, 0.1) is 9.39 Å². The number of aromatic amines is 1. The second-order valence-corrected chi connectivity index (χ2v) is 14.0. The van der Waals surface area contributed by atoms with Crippen LogP contribution in [0.5, 0.6) is 5.75 Å². The fourth-order valence-corrected chi connectivity index (χ4v) is 5.92. The average Bonchev–Trinajstić information content (AvgIpc) is 3.13. The number of nitrogens with one attached hydrogen (secondary N) is 1. The first-order valence-electron chi connectivity index (χ1n) is 11.8. The highest BCUT2D eigenvalue weighted by atomic mass is 127. The van der Waals surface area contributed by atoms with Gasteiger partial charge in [-0.1, -0.05) is 41.5 Å². The van der Waals surface area contributed by atoms with E-state index in [1.165, 1.54) is 10.8 Å². The van der Waals surface area contributed by atoms with Crippen molar-refractivity contribution in [2.45, 2.75) is 83.8 Å². The maximum atomic E-state index is 15.4. The number of aromatic nitrogens is 2. The van der Waals surface area contributed by atoms with Gasteiger partial charge < -0.3 is 14.4 Å². The lowest BCUT2D eigenvalue weighted by Crippen LogP contribution is -2.33. The number of phosphoric acid groups is 1. The van der Waals surface area contributed by atoms with Crippen LogP contribution in [-0.4, -0.2) is 33.5 Å². The quantitative estimate of drug-likeness (QED) is 0.371. The third-order valence-corrected chi connectivity index (χ3v) is 8.42. The Labute approximate surface area is 227 Å². The van der Waals surface area contributed by atoms with E-state index in [4.69, 9.17) is 18.3 Å². The summed E-state index contributed by atoms with van der Waals surface area (Å²) in [7, 11) is -4.19. The molecule has 0 aliphatic carbocycles. The number of aliphatic hydroxyl groups excluding tert-OH is 1. The van der Waals surface area contributed by atoms with Gasteiger partial charge in [0.15, 0.2) is 0 Å². The van der Waals surface area contributed by atoms with Gasteiger partial charge >= 0.3 is 13.5 Å². The molecule has 1 fully saturated rings. The number of nitrogens with zero attached hydrogens (tertiary/aromatic N) is 1. The number of hydrogen-bond donors (Lipinski definition) is 2. The Bertz CT molecular complexity index is 1380. The van der Waals surface area contributed by atoms with Gasteiger partial charge in [0, 0.05) is 18.2 Å². The minimum Gasteiger partial charge on any atom is -0.403 e. The molecule has 10 nitrogen and oxygen atoms in total. The van der Waals surface area contributed by atoms with Gasteiger partial charge in [-0.25, -0.2) is 13.8 Å². The van der Waals surface area contributed by atoms with Crippen molar-refractivity contribution in [3.05, 3.63) is 59.2 Å². The topological polar surface area (TPSA) is 129 Å². The zero-order valence-electron chi connectivity index (χ0n) is 21.5. The molecule has 37 heavy (non-hydrogen) atoms. The number of phosphoric ester groups is 1. The van der Waals surface area contributed by atoms with Gasteiger partial charge in [-0.2, -0.15) is 0 Å². The van der Waals surface area contributed by atoms with E-state index in [9.17, 15) is 19.3 Å². The van der Waals surface area contributed by atoms with Crippen LogP contribution in [0.25, 0.3) is 0 Å². The highest BCUT2D eigenvalue weighted by Crippen LogP contribution is 2.58. The van der Waals surface area contributed by atoms with Crippen molar-refractivity contribution in [2.75, 3.05) is 6.61 Å². The van der Waals surface area contributed by atoms with Gasteiger partial charge in [-0.05, 0) is 45.1 Å². The minimum absolute atomic E-state index is 0.0415. The summed E-state index contributed by atoms with van der Waals surface area (Å²) in [6.45, 7) is 10.9. The number of aliphatic hydroxyl groups is 1. The molecule has 2 aromatic rings. The summed E-state index contributed by atoms with van der Waals surface area (Å²) in [4.78, 5) is 26.0. The molecule has 2 aliphatic rings. The summed E-state index contributed by atoms with van der Waals surface area (Å²) in [6.07, 6.45) is -1.50. The second kappa shape index (κ2) is 9.87. The second-order valence-electron chi connectivity index (χ2n) is 11.3. The van der Waals surface area contributed by atoms with E-state index >= 15 is 4.39 Å². The Morgan fingerprint density at radius 1 is 1.22 bits per heavy atom. The molecule has 4 rings (SSSR count). The third-order valence-electron chi connectivity index (χ3n) is 6.33. The molecule has 3 heterocycles. The molecule has 0 amide bonds. The Morgan fingerprint density at radius 3 is 2.49 bits per heavy atom. The monoisotopic (exact) mass is 652 g/mol. The van der Waals surface area contributed by atoms with Gasteiger partial charge in [-0.15, -0.1) is 0 Å². The van der Waals surface area contributed by atoms with Crippen molar-refractivity contribution < 1.29 is 32.4 Å². The van der Waals surface area contributed by atoms with Crippen LogP contribution in [0.3, 0.4) is 0 Å². The number of ether oxygens (including phenoxy) is 1. The molecule has 0 spiro atoms. The summed E-state index contributed by atoms with van der Waals surface area (Å²) in [5.74, 6) is -0.340. The smallest absolute Gasteiger partial charge is 0.403 e. The van der Waals surface area contributed by atoms with Crippen molar-refractivity contribution in [2.24, 2.45) is 0 Å². The van der Waals surface area contributed by atoms with Gasteiger partial charge in [0.1, 0.15) is 23.9 Å². The highest BCUT2D eigenvalue weighted by molar-refractivity contribution is 14.1. The maximum absolute atomic E-state index is 15.4. The van der Waals surface area contributed by atoms with Crippen molar-refractivity contribution in [3.63, 3.8) is 0 Å². The van der Waals surface area contributed by atoms with Crippen LogP contribution >= 0.6 is 30.4 Å². The van der Waals surface area contributed by atoms with Crippen LogP contribution in [0.2, 0.25) is 0 Å². The predicted octanol–water partition coefficient (Wildman–Crippen LogP) is 4.26. The van der Waals surface area contributed by atoms with E-state index in [1.807, 2.05) is 41.5 Å². The highest BCUT2D eigenvalue weighted by Gasteiger charge is 2.43. The van der Waals surface area contributed by atoms with Gasteiger partial charge in [0.25, 0.3) is 5.56 Å². The molecule has 204 valence electrons. The molecule has 1 aromatic carbocycles. The standard InChI is InChI=1S/C24H31FIN2O8P/c1-23(2,3)13-7-14(24(4,5)6)20-12(19(13)25)10-33-37(32,36-20)34-11-17-16(29)8-18(35-17)28-9-15(26)21(30)27-22(28)31/h7,9,16-18,29H,8,10-11H2,1-6H3,(H,27,30,31)/t16-,17+,18+,37+/m0/s1. The van der Waals surface area contributed by atoms with Crippen LogP contribution < -0.4 is 15.8 Å². The van der Waals surface area contributed by atoms with Crippen LogP contribution in [0.4, 0.5) is 4.39 Å². The van der Waals surface area contributed by atoms with Crippen LogP contribution in [-0.2, 0) is 35.8 Å². The molecule has 1 saturated heterocycles. The summed E-state index contributed by atoms with van der Waals surface area (Å²) in [5, 5.41) is 10.5. The number of benzene rings is 1. The van der Waals surface area contributed by atoms with Crippen molar-refractivity contribution in [3.8, 4) is 5.75 Å². The summed E-state index contributed by atoms with van der Waals surface area (Å²) >= 11 is 1.79. The molecular weight excluding hydrogens is 621 g/mol. The summed E-state index contributed by atoms with van der Waals surface area (Å²) < 4.78 is 52.7. The molecular formula is C24H31FIN2O8P. The maximum Gasteiger partial charge on any atom is 0.530 e. The number of fused-ring (bicyclic) bond motifs is 1. The van der Waals surface area contributed by atoms with E-state index < -0.39 is 54.2 Å². The SMILES string of the molecule is CC(C)(C)c1cc(C(C)(C)C)c2c(c1F)CO[P@](=O)(OC[C@H]1O[C@@H](n3cc(I)c(=O)[nH]c3=O)C[C@@H]1O)O2. The molecule has 0 saturated carbocycles. The van der Waals surface area contributed by atoms with Crippen molar-refractivity contribution in [1.29, 1.82) is 0 Å². The van der Waals surface area contributed by atoms with Gasteiger partial charge in [0.05, 0.1) is 28.5 Å². The Kier molecular flexibility index (Phi) is 7.59. The predicted molar refractivity (Wildman–Crippen MR) is 141 cm³/mol. The van der Waals surface area contributed by atoms with Crippen molar-refractivity contribution in [1.82, 2.24) is 9.55 Å². The molecule has 0 unspecified atom stereocenters. The number of rotatable bonds is 4. The molecule has 1 aromatic heterocycles. The van der Waals surface area contributed by atoms with E-state index in [2.05, 4.69) is 4.98 Å². The first-order valence-corrected chi connectivity index (χ1v) is 14.3. The molecule has 4 atom stereocenters. The lowest BCUT2D eigenvalue weighted by molar-refractivity contribution is -0.0470. The number of H-pyrrole nitrogens is 1. The minimum atomic E-state index is -4.19. The largest absolute Gasteiger partial charge is 0.530 e. The normalized spacial score (nSPS) is 26.1. The fourth-order valence-electron chi connectivity index (χ4n) is 4.25. The van der Waals surface area contributed by atoms with E-state index in [0.717, 1.165) is 0 Å². The van der Waals surface area contributed by atoms with Gasteiger partial charge in [-0.3, -0.25) is 23.4 Å². The Balaban J connectivity index is 1.55. The third kappa shape index (κ3) is 5.74. The Hall–Kier alpha value is -1.57. The fraction of sp³-hybridized carbons (Fsp3) is 0.583. The molecule has 13 heteroatoms. The molecule has 0 bridgehead atoms. The van der Waals surface area contributed by atoms with Crippen LogP contribution in [0.1, 0.15) is 70.9 Å². The summed E-state index contributed by atoms with van der Waals surface area (Å²) in [6, 6.07) is 1.74. The number of hydrogen-bond acceptors (Lipinski definition) is 8. The first kappa shape index (κ1) is 28.4. The number of halogens is 2. The zero-order chi connectivity index (χ0) is 27.5. The Morgan fingerprint density at radius 2 is 1.86 bits per heavy atom. The average molecular weight is 652 g/mol. The van der Waals surface area contributed by atoms with E-state index in [1.54, 1.807) is 28.7 Å². The van der Waals surface area contributed by atoms with Crippen LogP contribution in [0.15, 0.2) is 21.9 Å². The zero-order valence-corrected chi connectivity index (χ0v) is 24.5. The molecule has 0 radical (unpaired) electrons. The van der Waals surface area contributed by atoms with E-state index in [-0.39, 0.29) is 34.5 Å². The summed E-state index contributed by atoms with van der Waals surface area (Å²) in [5.41, 5.74) is -0.789. The van der Waals surface area contributed by atoms with Crippen molar-refractivity contribution >= 4 is 30.4 Å². The molecule has 2 aliphatic heterocycles. The lowest BCUT2D eigenvalue weighted by Gasteiger charge is -2.33.